The highest BCUT2D eigenvalue weighted by molar-refractivity contribution is 5.84. The average molecular weight is 257 g/mol. The number of pyridine rings is 1. The van der Waals surface area contributed by atoms with Crippen LogP contribution in [-0.4, -0.2) is 35.1 Å². The molecule has 3 heteroatoms. The van der Waals surface area contributed by atoms with Crippen molar-refractivity contribution in [2.24, 2.45) is 0 Å². The van der Waals surface area contributed by atoms with Crippen molar-refractivity contribution in [3.63, 3.8) is 0 Å². The van der Waals surface area contributed by atoms with Crippen LogP contribution < -0.4 is 0 Å². The van der Waals surface area contributed by atoms with Crippen molar-refractivity contribution in [1.29, 1.82) is 0 Å². The zero-order chi connectivity index (χ0) is 13.2. The normalized spacial score (nSPS) is 15.1. The summed E-state index contributed by atoms with van der Waals surface area (Å²) in [4.78, 5) is 6.58. The zero-order valence-corrected chi connectivity index (χ0v) is 12.0. The Morgan fingerprint density at radius 1 is 1.26 bits per heavy atom. The van der Waals surface area contributed by atoms with Crippen LogP contribution in [0.25, 0.3) is 10.9 Å². The van der Waals surface area contributed by atoms with Crippen LogP contribution in [0.2, 0.25) is 0 Å². The van der Waals surface area contributed by atoms with Gasteiger partial charge >= 0.3 is 0 Å². The number of rotatable bonds is 4. The van der Waals surface area contributed by atoms with Crippen LogP contribution in [-0.2, 0) is 19.4 Å². The van der Waals surface area contributed by atoms with Crippen LogP contribution in [0.3, 0.4) is 0 Å². The molecule has 2 heterocycles. The Hall–Kier alpha value is -1.35. The van der Waals surface area contributed by atoms with E-state index in [1.54, 1.807) is 11.3 Å². The lowest BCUT2D eigenvalue weighted by Crippen LogP contribution is -2.16. The first-order valence-electron chi connectivity index (χ1n) is 7.36. The van der Waals surface area contributed by atoms with Crippen LogP contribution in [0.4, 0.5) is 0 Å². The molecule has 0 fully saturated rings. The molecule has 0 aromatic carbocycles. The Balaban J connectivity index is 1.97. The molecule has 0 spiro atoms. The van der Waals surface area contributed by atoms with Gasteiger partial charge in [0.1, 0.15) is 0 Å². The quantitative estimate of drug-likeness (QED) is 0.840. The standard InChI is InChI=1S/C16H23N3/c1-18(2)10-5-11-19-15-7-4-3-6-13(15)14-12-17-9-8-16(14)19/h8-9,12H,3-7,10-11H2,1-2H3. The maximum Gasteiger partial charge on any atom is 0.0516 e. The van der Waals surface area contributed by atoms with Crippen LogP contribution in [0.5, 0.6) is 0 Å². The van der Waals surface area contributed by atoms with Gasteiger partial charge in [-0.2, -0.15) is 0 Å². The molecule has 0 radical (unpaired) electrons. The summed E-state index contributed by atoms with van der Waals surface area (Å²) in [6.45, 7) is 2.29. The van der Waals surface area contributed by atoms with E-state index in [1.807, 2.05) is 6.20 Å². The highest BCUT2D eigenvalue weighted by Gasteiger charge is 2.19. The second-order valence-corrected chi connectivity index (χ2v) is 5.83. The van der Waals surface area contributed by atoms with E-state index in [0.29, 0.717) is 0 Å². The first-order chi connectivity index (χ1) is 9.27. The summed E-state index contributed by atoms with van der Waals surface area (Å²) < 4.78 is 2.55. The van der Waals surface area contributed by atoms with Gasteiger partial charge in [-0.1, -0.05) is 0 Å². The van der Waals surface area contributed by atoms with E-state index in [1.165, 1.54) is 43.0 Å². The van der Waals surface area contributed by atoms with Crippen molar-refractivity contribution in [2.45, 2.75) is 38.6 Å². The lowest BCUT2D eigenvalue weighted by molar-refractivity contribution is 0.386. The second-order valence-electron chi connectivity index (χ2n) is 5.83. The van der Waals surface area contributed by atoms with Crippen LogP contribution in [0, 0.1) is 0 Å². The third-order valence-electron chi connectivity index (χ3n) is 4.17. The summed E-state index contributed by atoms with van der Waals surface area (Å²) in [6.07, 6.45) is 10.3. The van der Waals surface area contributed by atoms with Gasteiger partial charge in [0.2, 0.25) is 0 Å². The Morgan fingerprint density at radius 3 is 2.95 bits per heavy atom. The molecule has 3 rings (SSSR count). The largest absolute Gasteiger partial charge is 0.344 e. The summed E-state index contributed by atoms with van der Waals surface area (Å²) in [6, 6.07) is 2.18. The molecule has 0 saturated heterocycles. The minimum atomic E-state index is 1.13. The zero-order valence-electron chi connectivity index (χ0n) is 12.0. The number of hydrogen-bond acceptors (Lipinski definition) is 2. The molecule has 0 atom stereocenters. The molecule has 2 aromatic heterocycles. The Kier molecular flexibility index (Phi) is 3.56. The van der Waals surface area contributed by atoms with Crippen molar-refractivity contribution in [2.75, 3.05) is 20.6 Å². The predicted octanol–water partition coefficient (Wildman–Crippen LogP) is 2.87. The molecule has 0 amide bonds. The lowest BCUT2D eigenvalue weighted by Gasteiger charge is -2.17. The van der Waals surface area contributed by atoms with E-state index >= 15 is 0 Å². The minimum Gasteiger partial charge on any atom is -0.344 e. The van der Waals surface area contributed by atoms with Crippen LogP contribution >= 0.6 is 0 Å². The maximum absolute atomic E-state index is 4.32. The molecule has 2 aromatic rings. The van der Waals surface area contributed by atoms with Gasteiger partial charge in [0.25, 0.3) is 0 Å². The average Bonchev–Trinajstić information content (AvgIpc) is 2.74. The van der Waals surface area contributed by atoms with Crippen molar-refractivity contribution in [3.8, 4) is 0 Å². The molecule has 0 unspecified atom stereocenters. The lowest BCUT2D eigenvalue weighted by atomic mass is 9.96. The van der Waals surface area contributed by atoms with Gasteiger partial charge in [0.15, 0.2) is 0 Å². The second kappa shape index (κ2) is 5.33. The van der Waals surface area contributed by atoms with Gasteiger partial charge in [0.05, 0.1) is 5.52 Å². The van der Waals surface area contributed by atoms with Gasteiger partial charge in [0, 0.05) is 30.0 Å². The monoisotopic (exact) mass is 257 g/mol. The molecule has 0 saturated carbocycles. The van der Waals surface area contributed by atoms with Gasteiger partial charge in [-0.3, -0.25) is 4.98 Å². The molecule has 1 aliphatic rings. The molecular formula is C16H23N3. The Labute approximate surface area is 115 Å². The predicted molar refractivity (Wildman–Crippen MR) is 79.5 cm³/mol. The molecule has 19 heavy (non-hydrogen) atoms. The summed E-state index contributed by atoms with van der Waals surface area (Å²) >= 11 is 0. The van der Waals surface area contributed by atoms with Gasteiger partial charge in [-0.15, -0.1) is 0 Å². The van der Waals surface area contributed by atoms with Crippen LogP contribution in [0.1, 0.15) is 30.5 Å². The fraction of sp³-hybridized carbons (Fsp3) is 0.562. The van der Waals surface area contributed by atoms with Gasteiger partial charge in [-0.05, 0) is 64.4 Å². The Bertz CT molecular complexity index is 569. The van der Waals surface area contributed by atoms with E-state index in [-0.39, 0.29) is 0 Å². The third-order valence-corrected chi connectivity index (χ3v) is 4.17. The number of fused-ring (bicyclic) bond motifs is 3. The topological polar surface area (TPSA) is 21.1 Å². The summed E-state index contributed by atoms with van der Waals surface area (Å²) in [5, 5.41) is 1.39. The number of aromatic nitrogens is 2. The summed E-state index contributed by atoms with van der Waals surface area (Å²) in [7, 11) is 4.29. The number of aryl methyl sites for hydroxylation is 2. The highest BCUT2D eigenvalue weighted by atomic mass is 15.1. The first kappa shape index (κ1) is 12.7. The maximum atomic E-state index is 4.32. The van der Waals surface area contributed by atoms with E-state index in [4.69, 9.17) is 0 Å². The Morgan fingerprint density at radius 2 is 2.11 bits per heavy atom. The van der Waals surface area contributed by atoms with Gasteiger partial charge in [-0.25, -0.2) is 0 Å². The summed E-state index contributed by atoms with van der Waals surface area (Å²) in [5.74, 6) is 0. The highest BCUT2D eigenvalue weighted by Crippen LogP contribution is 2.31. The van der Waals surface area contributed by atoms with Crippen molar-refractivity contribution in [1.82, 2.24) is 14.5 Å². The SMILES string of the molecule is CN(C)CCCn1c2c(c3cnccc31)CCCC2. The molecule has 102 valence electrons. The van der Waals surface area contributed by atoms with Crippen molar-refractivity contribution >= 4 is 10.9 Å². The van der Waals surface area contributed by atoms with Gasteiger partial charge < -0.3 is 9.47 Å². The van der Waals surface area contributed by atoms with E-state index in [2.05, 4.69) is 40.8 Å². The van der Waals surface area contributed by atoms with E-state index in [9.17, 15) is 0 Å². The third kappa shape index (κ3) is 2.39. The summed E-state index contributed by atoms with van der Waals surface area (Å²) in [5.41, 5.74) is 4.54. The number of hydrogen-bond donors (Lipinski definition) is 0. The van der Waals surface area contributed by atoms with E-state index < -0.39 is 0 Å². The fourth-order valence-electron chi connectivity index (χ4n) is 3.28. The molecule has 1 aliphatic carbocycles. The molecule has 0 N–H and O–H groups in total. The van der Waals surface area contributed by atoms with Crippen molar-refractivity contribution in [3.05, 3.63) is 29.7 Å². The molecule has 0 bridgehead atoms. The molecular weight excluding hydrogens is 234 g/mol. The molecule has 0 aliphatic heterocycles. The minimum absolute atomic E-state index is 1.13. The first-order valence-corrected chi connectivity index (χ1v) is 7.36. The number of nitrogens with zero attached hydrogens (tertiary/aromatic N) is 3. The van der Waals surface area contributed by atoms with Crippen LogP contribution in [0.15, 0.2) is 18.5 Å². The van der Waals surface area contributed by atoms with E-state index in [0.717, 1.165) is 13.1 Å². The van der Waals surface area contributed by atoms with Crippen molar-refractivity contribution < 1.29 is 0 Å². The smallest absolute Gasteiger partial charge is 0.0516 e. The molecule has 3 nitrogen and oxygen atoms in total. The fourth-order valence-corrected chi connectivity index (χ4v) is 3.28.